The molecular weight excluding hydrogens is 241 g/mol. The average molecular weight is 259 g/mol. The summed E-state index contributed by atoms with van der Waals surface area (Å²) in [6.45, 7) is 2.70. The summed E-state index contributed by atoms with van der Waals surface area (Å²) in [5, 5.41) is -0.443. The lowest BCUT2D eigenvalue weighted by atomic mass is 10.1. The molecule has 3 nitrogen and oxygen atoms in total. The number of halogens is 1. The number of nitrogens with two attached hydrogens (primary N) is 1. The molecule has 17 heavy (non-hydrogen) atoms. The molecule has 96 valence electrons. The Morgan fingerprint density at radius 3 is 2.18 bits per heavy atom. The van der Waals surface area contributed by atoms with Crippen LogP contribution in [-0.2, 0) is 16.3 Å². The first-order valence-corrected chi connectivity index (χ1v) is 7.07. The largest absolute Gasteiger partial charge is 0.325 e. The molecule has 0 amide bonds. The second-order valence-corrected chi connectivity index (χ2v) is 6.86. The van der Waals surface area contributed by atoms with Crippen molar-refractivity contribution in [2.24, 2.45) is 5.73 Å². The van der Waals surface area contributed by atoms with Gasteiger partial charge in [-0.3, -0.25) is 0 Å². The maximum atomic E-state index is 12.2. The Hall–Kier alpha value is -0.940. The van der Waals surface area contributed by atoms with Gasteiger partial charge in [-0.25, -0.2) is 12.8 Å². The molecule has 1 atom stereocenters. The Balaban J connectivity index is 2.89. The summed E-state index contributed by atoms with van der Waals surface area (Å²) in [7, 11) is -3.23. The SMILES string of the molecule is CC(C)S(=O)(=O)c1ccc(C[C@H](N)CF)cc1. The van der Waals surface area contributed by atoms with E-state index in [-0.39, 0.29) is 0 Å². The molecule has 0 heterocycles. The molecule has 0 unspecified atom stereocenters. The van der Waals surface area contributed by atoms with E-state index in [4.69, 9.17) is 5.73 Å². The lowest BCUT2D eigenvalue weighted by molar-refractivity contribution is 0.427. The van der Waals surface area contributed by atoms with Gasteiger partial charge in [0, 0.05) is 6.04 Å². The predicted octanol–water partition coefficient (Wildman–Crippen LogP) is 1.71. The average Bonchev–Trinajstić information content (AvgIpc) is 2.29. The highest BCUT2D eigenvalue weighted by atomic mass is 32.2. The Bertz CT molecular complexity index is 454. The topological polar surface area (TPSA) is 60.2 Å². The quantitative estimate of drug-likeness (QED) is 0.875. The van der Waals surface area contributed by atoms with Gasteiger partial charge in [0.25, 0.3) is 0 Å². The Kier molecular flexibility index (Phi) is 4.65. The van der Waals surface area contributed by atoms with Crippen molar-refractivity contribution in [3.8, 4) is 0 Å². The van der Waals surface area contributed by atoms with Crippen molar-refractivity contribution in [3.63, 3.8) is 0 Å². The molecule has 0 saturated heterocycles. The molecule has 0 aromatic heterocycles. The normalized spacial score (nSPS) is 13.9. The second-order valence-electron chi connectivity index (χ2n) is 4.36. The minimum Gasteiger partial charge on any atom is -0.325 e. The van der Waals surface area contributed by atoms with E-state index in [2.05, 4.69) is 0 Å². The van der Waals surface area contributed by atoms with Crippen molar-refractivity contribution >= 4 is 9.84 Å². The van der Waals surface area contributed by atoms with Crippen molar-refractivity contribution in [1.82, 2.24) is 0 Å². The molecule has 2 N–H and O–H groups in total. The molecular formula is C12H18FNO2S. The van der Waals surface area contributed by atoms with E-state index >= 15 is 0 Å². The standard InChI is InChI=1S/C12H18FNO2S/c1-9(2)17(15,16)12-5-3-10(4-6-12)7-11(14)8-13/h3-6,9,11H,7-8,14H2,1-2H3/t11-/m0/s1. The zero-order chi connectivity index (χ0) is 13.1. The van der Waals surface area contributed by atoms with Crippen LogP contribution in [0.5, 0.6) is 0 Å². The fourth-order valence-electron chi connectivity index (χ4n) is 1.44. The van der Waals surface area contributed by atoms with Crippen molar-refractivity contribution < 1.29 is 12.8 Å². The summed E-state index contributed by atoms with van der Waals surface area (Å²) in [6.07, 6.45) is 0.415. The first-order valence-electron chi connectivity index (χ1n) is 5.52. The summed E-state index contributed by atoms with van der Waals surface area (Å²) < 4.78 is 35.9. The Morgan fingerprint density at radius 2 is 1.76 bits per heavy atom. The molecule has 0 spiro atoms. The molecule has 0 fully saturated rings. The third-order valence-corrected chi connectivity index (χ3v) is 4.74. The Morgan fingerprint density at radius 1 is 1.24 bits per heavy atom. The van der Waals surface area contributed by atoms with Crippen LogP contribution in [0.15, 0.2) is 29.2 Å². The van der Waals surface area contributed by atoms with Crippen molar-refractivity contribution in [2.75, 3.05) is 6.67 Å². The van der Waals surface area contributed by atoms with Crippen LogP contribution in [0.4, 0.5) is 4.39 Å². The minimum atomic E-state index is -3.23. The summed E-state index contributed by atoms with van der Waals surface area (Å²) in [5.41, 5.74) is 6.33. The van der Waals surface area contributed by atoms with Crippen molar-refractivity contribution in [2.45, 2.75) is 36.5 Å². The van der Waals surface area contributed by atoms with Crippen LogP contribution in [-0.4, -0.2) is 26.4 Å². The monoisotopic (exact) mass is 259 g/mol. The van der Waals surface area contributed by atoms with Crippen LogP contribution in [0.2, 0.25) is 0 Å². The van der Waals surface area contributed by atoms with Gasteiger partial charge in [0.15, 0.2) is 9.84 Å². The summed E-state index contributed by atoms with van der Waals surface area (Å²) >= 11 is 0. The smallest absolute Gasteiger partial charge is 0.180 e. The third-order valence-electron chi connectivity index (χ3n) is 2.57. The van der Waals surface area contributed by atoms with Gasteiger partial charge in [-0.1, -0.05) is 12.1 Å². The van der Waals surface area contributed by atoms with E-state index in [9.17, 15) is 12.8 Å². The van der Waals surface area contributed by atoms with Crippen LogP contribution in [0, 0.1) is 0 Å². The molecule has 0 aliphatic carbocycles. The number of benzene rings is 1. The lowest BCUT2D eigenvalue weighted by Gasteiger charge is -2.10. The van der Waals surface area contributed by atoms with Crippen LogP contribution in [0.3, 0.4) is 0 Å². The third kappa shape index (κ3) is 3.51. The van der Waals surface area contributed by atoms with Gasteiger partial charge in [-0.15, -0.1) is 0 Å². The van der Waals surface area contributed by atoms with Crippen LogP contribution < -0.4 is 5.73 Å². The summed E-state index contributed by atoms with van der Waals surface area (Å²) in [5.74, 6) is 0. The molecule has 0 saturated carbocycles. The van der Waals surface area contributed by atoms with Crippen molar-refractivity contribution in [3.05, 3.63) is 29.8 Å². The van der Waals surface area contributed by atoms with Crippen LogP contribution in [0.1, 0.15) is 19.4 Å². The van der Waals surface area contributed by atoms with Gasteiger partial charge in [0.2, 0.25) is 0 Å². The maximum absolute atomic E-state index is 12.2. The summed E-state index contributed by atoms with van der Waals surface area (Å²) in [6, 6.07) is 5.95. The first-order chi connectivity index (χ1) is 7.87. The fourth-order valence-corrected chi connectivity index (χ4v) is 2.50. The second kappa shape index (κ2) is 5.60. The van der Waals surface area contributed by atoms with E-state index in [0.29, 0.717) is 11.3 Å². The van der Waals surface area contributed by atoms with Crippen LogP contribution in [0.25, 0.3) is 0 Å². The maximum Gasteiger partial charge on any atom is 0.180 e. The molecule has 0 radical (unpaired) electrons. The fraction of sp³-hybridized carbons (Fsp3) is 0.500. The molecule has 1 aromatic carbocycles. The molecule has 0 aliphatic heterocycles. The lowest BCUT2D eigenvalue weighted by Crippen LogP contribution is -2.24. The number of alkyl halides is 1. The molecule has 1 aromatic rings. The number of rotatable bonds is 5. The summed E-state index contributed by atoms with van der Waals surface area (Å²) in [4.78, 5) is 0.296. The number of hydrogen-bond donors (Lipinski definition) is 1. The van der Waals surface area contributed by atoms with E-state index < -0.39 is 27.8 Å². The molecule has 1 rings (SSSR count). The highest BCUT2D eigenvalue weighted by molar-refractivity contribution is 7.92. The zero-order valence-electron chi connectivity index (χ0n) is 10.1. The van der Waals surface area contributed by atoms with Gasteiger partial charge in [-0.05, 0) is 38.0 Å². The Labute approximate surface area is 102 Å². The van der Waals surface area contributed by atoms with Crippen molar-refractivity contribution in [1.29, 1.82) is 0 Å². The van der Waals surface area contributed by atoms with E-state index in [1.165, 1.54) is 0 Å². The highest BCUT2D eigenvalue weighted by Gasteiger charge is 2.18. The number of hydrogen-bond acceptors (Lipinski definition) is 3. The van der Waals surface area contributed by atoms with Gasteiger partial charge < -0.3 is 5.73 Å². The highest BCUT2D eigenvalue weighted by Crippen LogP contribution is 2.17. The van der Waals surface area contributed by atoms with E-state index in [1.54, 1.807) is 38.1 Å². The molecule has 5 heteroatoms. The molecule has 0 aliphatic rings. The zero-order valence-corrected chi connectivity index (χ0v) is 10.9. The van der Waals surface area contributed by atoms with Gasteiger partial charge in [0.05, 0.1) is 10.1 Å². The van der Waals surface area contributed by atoms with E-state index in [0.717, 1.165) is 5.56 Å². The molecule has 0 bridgehead atoms. The number of sulfone groups is 1. The first kappa shape index (κ1) is 14.1. The van der Waals surface area contributed by atoms with Gasteiger partial charge >= 0.3 is 0 Å². The van der Waals surface area contributed by atoms with Crippen LogP contribution >= 0.6 is 0 Å². The predicted molar refractivity (Wildman–Crippen MR) is 66.4 cm³/mol. The van der Waals surface area contributed by atoms with Gasteiger partial charge in [-0.2, -0.15) is 0 Å². The minimum absolute atomic E-state index is 0.296. The van der Waals surface area contributed by atoms with E-state index in [1.807, 2.05) is 0 Å². The van der Waals surface area contributed by atoms with Gasteiger partial charge in [0.1, 0.15) is 6.67 Å².